The predicted molar refractivity (Wildman–Crippen MR) is 111 cm³/mol. The summed E-state index contributed by atoms with van der Waals surface area (Å²) in [6.45, 7) is 4.92. The van der Waals surface area contributed by atoms with Gasteiger partial charge in [0.1, 0.15) is 0 Å². The normalized spacial score (nSPS) is 32.5. The Kier molecular flexibility index (Phi) is 4.83. The topological polar surface area (TPSA) is 73.0 Å². The van der Waals surface area contributed by atoms with E-state index in [1.165, 1.54) is 34.5 Å². The van der Waals surface area contributed by atoms with Crippen LogP contribution in [0, 0.1) is 11.8 Å². The third-order valence-electron chi connectivity index (χ3n) is 7.35. The molecule has 0 aromatic heterocycles. The first-order valence-corrected chi connectivity index (χ1v) is 12.6. The van der Waals surface area contributed by atoms with Crippen LogP contribution in [-0.4, -0.2) is 80.1 Å². The molecule has 2 bridgehead atoms. The summed E-state index contributed by atoms with van der Waals surface area (Å²) < 4.78 is 25.2. The molecule has 2 atom stereocenters. The fourth-order valence-electron chi connectivity index (χ4n) is 5.64. The molecule has 1 aromatic rings. The maximum absolute atomic E-state index is 13.4. The molecular formula is C21H30N4O3S. The Morgan fingerprint density at radius 2 is 1.76 bits per heavy atom. The van der Waals surface area contributed by atoms with Gasteiger partial charge in [-0.15, -0.1) is 0 Å². The van der Waals surface area contributed by atoms with Crippen molar-refractivity contribution in [1.82, 2.24) is 19.4 Å². The Labute approximate surface area is 173 Å². The summed E-state index contributed by atoms with van der Waals surface area (Å²) in [6.07, 6.45) is 4.45. The molecule has 0 aliphatic carbocycles. The molecule has 4 saturated heterocycles. The zero-order valence-electron chi connectivity index (χ0n) is 17.0. The first-order chi connectivity index (χ1) is 13.9. The van der Waals surface area contributed by atoms with Crippen LogP contribution in [0.5, 0.6) is 0 Å². The predicted octanol–water partition coefficient (Wildman–Crippen LogP) is 1.28. The summed E-state index contributed by atoms with van der Waals surface area (Å²) >= 11 is 0. The van der Waals surface area contributed by atoms with Crippen molar-refractivity contribution in [3.63, 3.8) is 0 Å². The molecule has 0 unspecified atom stereocenters. The monoisotopic (exact) mass is 418 g/mol. The van der Waals surface area contributed by atoms with Gasteiger partial charge in [0.2, 0.25) is 10.0 Å². The Morgan fingerprint density at radius 3 is 2.41 bits per heavy atom. The molecule has 5 aliphatic heterocycles. The Balaban J connectivity index is 1.36. The Hall–Kier alpha value is -1.64. The minimum Gasteiger partial charge on any atom is -0.334 e. The van der Waals surface area contributed by atoms with Crippen molar-refractivity contribution in [2.45, 2.75) is 31.3 Å². The molecule has 4 fully saturated rings. The molecule has 0 saturated carbocycles. The van der Waals surface area contributed by atoms with E-state index in [1.807, 2.05) is 17.0 Å². The second kappa shape index (κ2) is 7.25. The van der Waals surface area contributed by atoms with Gasteiger partial charge < -0.3 is 15.1 Å². The van der Waals surface area contributed by atoms with Gasteiger partial charge in [0.15, 0.2) is 0 Å². The number of nitrogens with zero attached hydrogens (tertiary/aromatic N) is 3. The largest absolute Gasteiger partial charge is 0.334 e. The van der Waals surface area contributed by atoms with Crippen molar-refractivity contribution < 1.29 is 13.2 Å². The van der Waals surface area contributed by atoms with Crippen LogP contribution in [0.3, 0.4) is 0 Å². The molecule has 1 N–H and O–H groups in total. The molecule has 6 rings (SSSR count). The van der Waals surface area contributed by atoms with Gasteiger partial charge in [-0.2, -0.15) is 0 Å². The second-order valence-electron chi connectivity index (χ2n) is 9.12. The van der Waals surface area contributed by atoms with Gasteiger partial charge in [-0.3, -0.25) is 0 Å². The molecule has 2 amide bonds. The first-order valence-electron chi connectivity index (χ1n) is 10.7. The molecular weight excluding hydrogens is 388 g/mol. The van der Waals surface area contributed by atoms with E-state index in [1.54, 1.807) is 0 Å². The maximum Gasteiger partial charge on any atom is 0.318 e. The Morgan fingerprint density at radius 1 is 1.03 bits per heavy atom. The highest BCUT2D eigenvalue weighted by Gasteiger charge is 2.45. The van der Waals surface area contributed by atoms with Gasteiger partial charge in [-0.1, -0.05) is 24.3 Å². The summed E-state index contributed by atoms with van der Waals surface area (Å²) in [5.74, 6) is 0.729. The van der Waals surface area contributed by atoms with Crippen molar-refractivity contribution in [1.29, 1.82) is 0 Å². The fraction of sp³-hybridized carbons (Fsp3) is 0.667. The van der Waals surface area contributed by atoms with Crippen molar-refractivity contribution in [2.24, 2.45) is 11.8 Å². The van der Waals surface area contributed by atoms with E-state index in [9.17, 15) is 13.2 Å². The van der Waals surface area contributed by atoms with Crippen LogP contribution in [0.2, 0.25) is 0 Å². The number of carbonyl (C=O) groups is 1. The number of benzene rings is 1. The number of piperidine rings is 3. The average molecular weight is 419 g/mol. The summed E-state index contributed by atoms with van der Waals surface area (Å²) in [4.78, 5) is 17.8. The van der Waals surface area contributed by atoms with E-state index in [0.717, 1.165) is 26.1 Å². The van der Waals surface area contributed by atoms with Crippen LogP contribution in [0.15, 0.2) is 24.3 Å². The average Bonchev–Trinajstić information content (AvgIpc) is 2.66. The van der Waals surface area contributed by atoms with Crippen LogP contribution in [0.25, 0.3) is 0 Å². The number of hydrogen-bond acceptors (Lipinski definition) is 4. The van der Waals surface area contributed by atoms with Crippen molar-refractivity contribution in [3.05, 3.63) is 35.4 Å². The molecule has 5 heterocycles. The lowest BCUT2D eigenvalue weighted by Gasteiger charge is -2.49. The van der Waals surface area contributed by atoms with Gasteiger partial charge in [0, 0.05) is 38.1 Å². The lowest BCUT2D eigenvalue weighted by Crippen LogP contribution is -2.62. The van der Waals surface area contributed by atoms with Crippen molar-refractivity contribution in [3.8, 4) is 0 Å². The number of amides is 2. The Bertz CT molecular complexity index is 891. The molecule has 29 heavy (non-hydrogen) atoms. The SMILES string of the molecule is CS(=O)(=O)N1CC([C@H]2c3ccccc3CCN2C(=O)N[C@@H]2CN3CCC2CC3)C1. The number of rotatable bonds is 3. The number of carbonyl (C=O) groups excluding carboxylic acids is 1. The van der Waals surface area contributed by atoms with E-state index in [0.29, 0.717) is 25.6 Å². The lowest BCUT2D eigenvalue weighted by molar-refractivity contribution is 0.0562. The van der Waals surface area contributed by atoms with E-state index in [2.05, 4.69) is 22.3 Å². The number of urea groups is 1. The zero-order valence-corrected chi connectivity index (χ0v) is 17.8. The van der Waals surface area contributed by atoms with Crippen LogP contribution in [0.1, 0.15) is 30.0 Å². The van der Waals surface area contributed by atoms with Gasteiger partial charge in [-0.05, 0) is 49.4 Å². The standard InChI is InChI=1S/C21H30N4O3S/c1-29(27,28)24-12-17(13-24)20-18-5-3-2-4-15(18)8-11-25(20)21(26)22-19-14-23-9-6-16(19)7-10-23/h2-5,16-17,19-20H,6-14H2,1H3,(H,22,26)/t19-,20+/m1/s1. The maximum atomic E-state index is 13.4. The van der Waals surface area contributed by atoms with Crippen molar-refractivity contribution in [2.75, 3.05) is 45.5 Å². The summed E-state index contributed by atoms with van der Waals surface area (Å²) in [6, 6.07) is 8.50. The summed E-state index contributed by atoms with van der Waals surface area (Å²) in [5.41, 5.74) is 2.46. The quantitative estimate of drug-likeness (QED) is 0.803. The molecule has 158 valence electrons. The molecule has 0 radical (unpaired) electrons. The highest BCUT2D eigenvalue weighted by molar-refractivity contribution is 7.88. The molecule has 0 spiro atoms. The molecule has 7 nitrogen and oxygen atoms in total. The van der Waals surface area contributed by atoms with Crippen LogP contribution >= 0.6 is 0 Å². The first kappa shape index (κ1) is 19.3. The highest BCUT2D eigenvalue weighted by atomic mass is 32.2. The third kappa shape index (κ3) is 3.55. The number of nitrogens with one attached hydrogen (secondary N) is 1. The minimum atomic E-state index is -3.17. The van der Waals surface area contributed by atoms with Crippen LogP contribution in [0.4, 0.5) is 4.79 Å². The van der Waals surface area contributed by atoms with Gasteiger partial charge in [0.25, 0.3) is 0 Å². The molecule has 8 heteroatoms. The van der Waals surface area contributed by atoms with Gasteiger partial charge in [0.05, 0.1) is 12.3 Å². The summed E-state index contributed by atoms with van der Waals surface area (Å²) in [7, 11) is -3.17. The highest BCUT2D eigenvalue weighted by Crippen LogP contribution is 2.40. The minimum absolute atomic E-state index is 0.0149. The number of hydrogen-bond donors (Lipinski definition) is 1. The van der Waals surface area contributed by atoms with E-state index < -0.39 is 10.0 Å². The van der Waals surface area contributed by atoms with Crippen LogP contribution < -0.4 is 5.32 Å². The van der Waals surface area contributed by atoms with Gasteiger partial charge in [-0.25, -0.2) is 17.5 Å². The van der Waals surface area contributed by atoms with Crippen LogP contribution in [-0.2, 0) is 16.4 Å². The fourth-order valence-corrected chi connectivity index (χ4v) is 6.57. The van der Waals surface area contributed by atoms with Crippen molar-refractivity contribution >= 4 is 16.1 Å². The molecule has 1 aromatic carbocycles. The second-order valence-corrected chi connectivity index (χ2v) is 11.1. The van der Waals surface area contributed by atoms with E-state index in [-0.39, 0.29) is 24.0 Å². The summed E-state index contributed by atoms with van der Waals surface area (Å²) in [5, 5.41) is 3.34. The lowest BCUT2D eigenvalue weighted by atomic mass is 9.81. The third-order valence-corrected chi connectivity index (χ3v) is 8.59. The zero-order chi connectivity index (χ0) is 20.2. The molecule has 5 aliphatic rings. The van der Waals surface area contributed by atoms with Gasteiger partial charge >= 0.3 is 6.03 Å². The van der Waals surface area contributed by atoms with E-state index >= 15 is 0 Å². The smallest absolute Gasteiger partial charge is 0.318 e. The number of fused-ring (bicyclic) bond motifs is 4. The van der Waals surface area contributed by atoms with E-state index in [4.69, 9.17) is 0 Å². The number of sulfonamides is 1.